The van der Waals surface area contributed by atoms with Crippen LogP contribution >= 0.6 is 11.6 Å². The van der Waals surface area contributed by atoms with Crippen LogP contribution in [0.4, 0.5) is 24.5 Å². The Morgan fingerprint density at radius 1 is 1.03 bits per heavy atom. The summed E-state index contributed by atoms with van der Waals surface area (Å²) in [4.78, 5) is 43.8. The lowest BCUT2D eigenvalue weighted by atomic mass is 10.1. The van der Waals surface area contributed by atoms with Crippen LogP contribution in [0.5, 0.6) is 0 Å². The highest BCUT2D eigenvalue weighted by Crippen LogP contribution is 2.30. The van der Waals surface area contributed by atoms with E-state index >= 15 is 0 Å². The molecule has 0 spiro atoms. The number of carbonyl (C=O) groups excluding carboxylic acids is 3. The number of hydrogen-bond donors (Lipinski definition) is 2. The van der Waals surface area contributed by atoms with Gasteiger partial charge in [0.05, 0.1) is 18.5 Å². The molecule has 4 rings (SSSR count). The molecule has 0 aliphatic carbocycles. The molecule has 2 aliphatic rings. The van der Waals surface area contributed by atoms with Gasteiger partial charge in [-0.3, -0.25) is 19.3 Å². The summed E-state index contributed by atoms with van der Waals surface area (Å²) in [5.41, 5.74) is 0.0810. The summed E-state index contributed by atoms with van der Waals surface area (Å²) in [7, 11) is 0. The van der Waals surface area contributed by atoms with Gasteiger partial charge >= 0.3 is 6.18 Å². The summed E-state index contributed by atoms with van der Waals surface area (Å²) < 4.78 is 38.9. The number of nitrogens with one attached hydrogen (secondary N) is 2. The van der Waals surface area contributed by atoms with Crippen molar-refractivity contribution in [2.45, 2.75) is 18.6 Å². The minimum atomic E-state index is -4.55. The van der Waals surface area contributed by atoms with Crippen LogP contribution in [-0.4, -0.2) is 79.4 Å². The number of nitrogens with zero attached hydrogens (tertiary/aromatic N) is 3. The molecule has 3 amide bonds. The van der Waals surface area contributed by atoms with E-state index in [-0.39, 0.29) is 37.6 Å². The summed E-state index contributed by atoms with van der Waals surface area (Å²) in [6.07, 6.45) is -4.91. The fourth-order valence-corrected chi connectivity index (χ4v) is 4.68. The van der Waals surface area contributed by atoms with Gasteiger partial charge in [0.2, 0.25) is 17.7 Å². The Morgan fingerprint density at radius 3 is 2.46 bits per heavy atom. The Bertz CT molecular complexity index is 1150. The fourth-order valence-electron chi connectivity index (χ4n) is 4.50. The van der Waals surface area contributed by atoms with Gasteiger partial charge in [0, 0.05) is 55.7 Å². The average molecular weight is 538 g/mol. The minimum Gasteiger partial charge on any atom is -0.369 e. The number of halogens is 4. The number of rotatable bonds is 6. The van der Waals surface area contributed by atoms with Gasteiger partial charge in [-0.25, -0.2) is 0 Å². The molecule has 2 fully saturated rings. The van der Waals surface area contributed by atoms with Crippen molar-refractivity contribution >= 4 is 40.7 Å². The minimum absolute atomic E-state index is 0.0357. The Balaban J connectivity index is 1.34. The standard InChI is InChI=1S/C25H27ClF3N5O3/c26-18-4-2-6-20(14-18)33-11-9-32(10-12-33)16-23(36)34-8-7-30-24(37)21(34)15-22(35)31-19-5-1-3-17(13-19)25(27,28)29/h1-6,13-14,21H,7-12,15-16H2,(H,30,37)(H,31,35)/t21-/m1/s1. The topological polar surface area (TPSA) is 85.0 Å². The van der Waals surface area contributed by atoms with Gasteiger partial charge in [-0.05, 0) is 36.4 Å². The van der Waals surface area contributed by atoms with Crippen LogP contribution in [-0.2, 0) is 20.6 Å². The largest absolute Gasteiger partial charge is 0.416 e. The van der Waals surface area contributed by atoms with Crippen molar-refractivity contribution in [3.05, 3.63) is 59.1 Å². The van der Waals surface area contributed by atoms with Crippen molar-refractivity contribution in [1.29, 1.82) is 0 Å². The SMILES string of the molecule is O=C(C[C@@H]1C(=O)NCCN1C(=O)CN1CCN(c2cccc(Cl)c2)CC1)Nc1cccc(C(F)(F)F)c1. The van der Waals surface area contributed by atoms with Crippen LogP contribution in [0.3, 0.4) is 0 Å². The van der Waals surface area contributed by atoms with Crippen LogP contribution in [0.1, 0.15) is 12.0 Å². The molecule has 1 atom stereocenters. The highest BCUT2D eigenvalue weighted by Gasteiger charge is 2.36. The smallest absolute Gasteiger partial charge is 0.369 e. The molecule has 0 saturated carbocycles. The molecule has 12 heteroatoms. The van der Waals surface area contributed by atoms with Crippen LogP contribution in [0.25, 0.3) is 0 Å². The van der Waals surface area contributed by atoms with E-state index < -0.39 is 29.6 Å². The maximum Gasteiger partial charge on any atom is 0.416 e. The zero-order chi connectivity index (χ0) is 26.6. The van der Waals surface area contributed by atoms with Crippen molar-refractivity contribution < 1.29 is 27.6 Å². The molecule has 2 aliphatic heterocycles. The third-order valence-corrected chi connectivity index (χ3v) is 6.64. The second-order valence-electron chi connectivity index (χ2n) is 8.97. The van der Waals surface area contributed by atoms with E-state index in [0.717, 1.165) is 17.8 Å². The molecule has 198 valence electrons. The summed E-state index contributed by atoms with van der Waals surface area (Å²) in [6.45, 7) is 3.29. The lowest BCUT2D eigenvalue weighted by Crippen LogP contribution is -2.60. The molecule has 0 bridgehead atoms. The normalized spacial score (nSPS) is 18.9. The second kappa shape index (κ2) is 11.4. The van der Waals surface area contributed by atoms with E-state index in [4.69, 9.17) is 11.6 Å². The van der Waals surface area contributed by atoms with Crippen molar-refractivity contribution in [1.82, 2.24) is 15.1 Å². The number of hydrogen-bond acceptors (Lipinski definition) is 5. The Kier molecular flexibility index (Phi) is 8.23. The van der Waals surface area contributed by atoms with Gasteiger partial charge in [-0.1, -0.05) is 23.7 Å². The van der Waals surface area contributed by atoms with E-state index in [1.54, 1.807) is 0 Å². The van der Waals surface area contributed by atoms with Crippen molar-refractivity contribution in [2.75, 3.05) is 56.0 Å². The third kappa shape index (κ3) is 6.92. The van der Waals surface area contributed by atoms with E-state index in [1.165, 1.54) is 17.0 Å². The van der Waals surface area contributed by atoms with Gasteiger partial charge in [-0.15, -0.1) is 0 Å². The molecular formula is C25H27ClF3N5O3. The molecule has 0 aromatic heterocycles. The Labute approximate surface area is 217 Å². The molecule has 0 radical (unpaired) electrons. The first-order chi connectivity index (χ1) is 17.6. The molecule has 2 N–H and O–H groups in total. The molecule has 2 aromatic carbocycles. The number of alkyl halides is 3. The second-order valence-corrected chi connectivity index (χ2v) is 9.40. The van der Waals surface area contributed by atoms with Gasteiger partial charge < -0.3 is 20.4 Å². The van der Waals surface area contributed by atoms with Crippen molar-refractivity contribution in [2.24, 2.45) is 0 Å². The van der Waals surface area contributed by atoms with E-state index in [9.17, 15) is 27.6 Å². The lowest BCUT2D eigenvalue weighted by molar-refractivity contribution is -0.145. The molecule has 8 nitrogen and oxygen atoms in total. The van der Waals surface area contributed by atoms with Gasteiger partial charge in [-0.2, -0.15) is 13.2 Å². The first-order valence-corrected chi connectivity index (χ1v) is 12.2. The van der Waals surface area contributed by atoms with Crippen LogP contribution in [0.15, 0.2) is 48.5 Å². The van der Waals surface area contributed by atoms with Gasteiger partial charge in [0.25, 0.3) is 0 Å². The van der Waals surface area contributed by atoms with E-state index in [1.807, 2.05) is 29.2 Å². The van der Waals surface area contributed by atoms with Crippen molar-refractivity contribution in [3.8, 4) is 0 Å². The summed E-state index contributed by atoms with van der Waals surface area (Å²) in [5.74, 6) is -1.40. The van der Waals surface area contributed by atoms with Crippen LogP contribution in [0, 0.1) is 0 Å². The van der Waals surface area contributed by atoms with Crippen LogP contribution < -0.4 is 15.5 Å². The summed E-state index contributed by atoms with van der Waals surface area (Å²) >= 11 is 6.09. The van der Waals surface area contributed by atoms with E-state index in [2.05, 4.69) is 15.5 Å². The Hall–Kier alpha value is -3.31. The molecule has 2 saturated heterocycles. The number of benzene rings is 2. The maximum absolute atomic E-state index is 13.1. The number of anilines is 2. The van der Waals surface area contributed by atoms with Crippen LogP contribution in [0.2, 0.25) is 5.02 Å². The zero-order valence-corrected chi connectivity index (χ0v) is 20.7. The van der Waals surface area contributed by atoms with Gasteiger partial charge in [0.15, 0.2) is 0 Å². The predicted molar refractivity (Wildman–Crippen MR) is 133 cm³/mol. The number of piperazine rings is 2. The molecular weight excluding hydrogens is 511 g/mol. The fraction of sp³-hybridized carbons (Fsp3) is 0.400. The van der Waals surface area contributed by atoms with Gasteiger partial charge in [0.1, 0.15) is 6.04 Å². The number of amides is 3. The van der Waals surface area contributed by atoms with E-state index in [0.29, 0.717) is 31.2 Å². The Morgan fingerprint density at radius 2 is 1.76 bits per heavy atom. The monoisotopic (exact) mass is 537 g/mol. The number of carbonyl (C=O) groups is 3. The molecule has 37 heavy (non-hydrogen) atoms. The first kappa shape index (κ1) is 26.7. The quantitative estimate of drug-likeness (QED) is 0.592. The summed E-state index contributed by atoms with van der Waals surface area (Å²) in [5, 5.41) is 5.71. The highest BCUT2D eigenvalue weighted by atomic mass is 35.5. The predicted octanol–water partition coefficient (Wildman–Crippen LogP) is 2.84. The molecule has 0 unspecified atom stereocenters. The molecule has 2 heterocycles. The van der Waals surface area contributed by atoms with Crippen molar-refractivity contribution in [3.63, 3.8) is 0 Å². The maximum atomic E-state index is 13.1. The third-order valence-electron chi connectivity index (χ3n) is 6.41. The lowest BCUT2D eigenvalue weighted by Gasteiger charge is -2.39. The average Bonchev–Trinajstić information content (AvgIpc) is 2.85. The highest BCUT2D eigenvalue weighted by molar-refractivity contribution is 6.30. The molecule has 2 aromatic rings. The first-order valence-electron chi connectivity index (χ1n) is 11.9. The zero-order valence-electron chi connectivity index (χ0n) is 19.9. The summed E-state index contributed by atoms with van der Waals surface area (Å²) in [6, 6.07) is 10.8.